The maximum Gasteiger partial charge on any atom is 0.296 e. The number of likely N-dealkylation sites (N-methyl/N-ethyl adjacent to an activating group) is 2. The minimum absolute atomic E-state index is 0.00694. The number of nitrogens with two attached hydrogens (primary N) is 1. The minimum Gasteiger partial charge on any atom is -0.329 e. The van der Waals surface area contributed by atoms with Gasteiger partial charge in [0.2, 0.25) is 0 Å². The molecule has 0 spiro atoms. The molecule has 0 radical (unpaired) electrons. The number of nitrogens with zero attached hydrogens (tertiary/aromatic N) is 4. The van der Waals surface area contributed by atoms with Crippen molar-refractivity contribution in [2.24, 2.45) is 5.73 Å². The zero-order valence-corrected chi connectivity index (χ0v) is 28.0. The lowest BCUT2D eigenvalue weighted by Crippen LogP contribution is -2.34. The highest BCUT2D eigenvalue weighted by molar-refractivity contribution is 6.51. The number of para-hydroxylation sites is 2. The number of nitrogens with one attached hydrogen (secondary N) is 1. The Morgan fingerprint density at radius 2 is 1.47 bits per heavy atom. The zero-order valence-electron chi connectivity index (χ0n) is 28.0. The van der Waals surface area contributed by atoms with Crippen molar-refractivity contribution in [1.82, 2.24) is 14.8 Å². The highest BCUT2D eigenvalue weighted by Crippen LogP contribution is 2.40. The van der Waals surface area contributed by atoms with Gasteiger partial charge in [-0.2, -0.15) is 0 Å². The molecular weight excluding hydrogens is 634 g/mol. The minimum atomic E-state index is -0.768. The molecule has 258 valence electrons. The van der Waals surface area contributed by atoms with E-state index in [0.29, 0.717) is 35.9 Å². The summed E-state index contributed by atoms with van der Waals surface area (Å²) in [5.41, 5.74) is 7.65. The van der Waals surface area contributed by atoms with Crippen molar-refractivity contribution >= 4 is 62.3 Å². The number of anilines is 2. The molecule has 3 aliphatic rings. The number of halogens is 2. The zero-order chi connectivity index (χ0) is 35.8. The highest BCUT2D eigenvalue weighted by Gasteiger charge is 2.33. The summed E-state index contributed by atoms with van der Waals surface area (Å²) in [6.07, 6.45) is 2.20. The molecule has 3 heterocycles. The third-order valence-corrected chi connectivity index (χ3v) is 7.86. The van der Waals surface area contributed by atoms with Crippen LogP contribution in [0.1, 0.15) is 46.4 Å². The monoisotopic (exact) mass is 674 g/mol. The van der Waals surface area contributed by atoms with Crippen LogP contribution in [0.25, 0.3) is 21.8 Å². The van der Waals surface area contributed by atoms with E-state index in [1.165, 1.54) is 24.3 Å². The van der Waals surface area contributed by atoms with E-state index in [9.17, 15) is 32.8 Å². The second-order valence-corrected chi connectivity index (χ2v) is 12.2. The van der Waals surface area contributed by atoms with Crippen molar-refractivity contribution in [2.45, 2.75) is 25.7 Å². The van der Waals surface area contributed by atoms with Crippen molar-refractivity contribution < 1.29 is 32.8 Å². The van der Waals surface area contributed by atoms with Crippen LogP contribution in [0.3, 0.4) is 0 Å². The smallest absolute Gasteiger partial charge is 0.296 e. The van der Waals surface area contributed by atoms with Crippen LogP contribution in [0.4, 0.5) is 20.2 Å². The summed E-state index contributed by atoms with van der Waals surface area (Å²) < 4.78 is 27.0. The topological polar surface area (TPSA) is 146 Å². The van der Waals surface area contributed by atoms with Gasteiger partial charge in [0.05, 0.1) is 34.4 Å². The molecule has 13 heteroatoms. The first-order chi connectivity index (χ1) is 23.3. The number of rotatable bonds is 5. The average molecular weight is 675 g/mol. The molecule has 0 bridgehead atoms. The van der Waals surface area contributed by atoms with Gasteiger partial charge in [0.25, 0.3) is 17.6 Å². The van der Waals surface area contributed by atoms with Crippen molar-refractivity contribution in [2.75, 3.05) is 64.6 Å². The SMILES string of the molecule is CN(C)CCN.CN(C)CCN1C(=O)c2c3cccc(F)c3nc3cccc1c23.O=C1CCCC(=O)C1.O=C1Nc2c(F)cccc2C1=O. The summed E-state index contributed by atoms with van der Waals surface area (Å²) >= 11 is 0. The molecule has 2 amide bonds. The fraction of sp³-hybridized carbons (Fsp3) is 0.333. The standard InChI is InChI=1S/C18H16FN3O.C8H4FNO2.C6H8O2.C4H12N2/c1-21(2)9-10-22-14-8-4-7-13-16(14)15(18(22)23)11-5-3-6-12(19)17(11)20-13;9-5-3-1-2-4-6(5)10-8(12)7(4)11;7-5-2-1-3-6(8)4-5;1-6(2)4-3-5/h3-8H,9-10H2,1-2H3;1-3H,(H,10,11,12);1-4H2;3-5H2,1-2H3. The number of aromatic nitrogens is 1. The number of fused-ring (bicyclic) bond motifs is 3. The Morgan fingerprint density at radius 3 is 2.04 bits per heavy atom. The number of ketones is 3. The quantitative estimate of drug-likeness (QED) is 0.181. The summed E-state index contributed by atoms with van der Waals surface area (Å²) in [5, 5.41) is 3.57. The van der Waals surface area contributed by atoms with Crippen molar-refractivity contribution in [3.05, 3.63) is 77.4 Å². The van der Waals surface area contributed by atoms with Gasteiger partial charge in [-0.3, -0.25) is 24.0 Å². The molecule has 2 aliphatic heterocycles. The van der Waals surface area contributed by atoms with Gasteiger partial charge >= 0.3 is 0 Å². The van der Waals surface area contributed by atoms with Gasteiger partial charge in [0.15, 0.2) is 0 Å². The fourth-order valence-corrected chi connectivity index (χ4v) is 5.45. The number of hydrogen-bond acceptors (Lipinski definition) is 9. The van der Waals surface area contributed by atoms with E-state index in [0.717, 1.165) is 37.1 Å². The molecule has 4 aromatic rings. The number of pyridine rings is 1. The van der Waals surface area contributed by atoms with Gasteiger partial charge in [-0.15, -0.1) is 0 Å². The first-order valence-corrected chi connectivity index (χ1v) is 15.8. The van der Waals surface area contributed by atoms with E-state index in [1.54, 1.807) is 17.0 Å². The summed E-state index contributed by atoms with van der Waals surface area (Å²) in [6, 6.07) is 14.4. The molecule has 0 atom stereocenters. The Hall–Kier alpha value is -4.98. The van der Waals surface area contributed by atoms with Crippen LogP contribution in [0.2, 0.25) is 0 Å². The lowest BCUT2D eigenvalue weighted by Gasteiger charge is -2.20. The molecule has 1 aliphatic carbocycles. The van der Waals surface area contributed by atoms with Crippen LogP contribution in [0, 0.1) is 11.6 Å². The number of carbonyl (C=O) groups is 5. The second kappa shape index (κ2) is 16.4. The molecule has 0 unspecified atom stereocenters. The lowest BCUT2D eigenvalue weighted by molar-refractivity contribution is -0.129. The van der Waals surface area contributed by atoms with Gasteiger partial charge in [0.1, 0.15) is 28.7 Å². The molecule has 1 fully saturated rings. The largest absolute Gasteiger partial charge is 0.329 e. The Morgan fingerprint density at radius 1 is 0.837 bits per heavy atom. The number of benzene rings is 3. The van der Waals surface area contributed by atoms with E-state index in [1.807, 2.05) is 51.3 Å². The van der Waals surface area contributed by atoms with Crippen LogP contribution in [0.5, 0.6) is 0 Å². The van der Waals surface area contributed by atoms with E-state index < -0.39 is 23.3 Å². The van der Waals surface area contributed by atoms with Gasteiger partial charge in [0, 0.05) is 49.8 Å². The molecule has 3 aromatic carbocycles. The molecule has 11 nitrogen and oxygen atoms in total. The van der Waals surface area contributed by atoms with E-state index >= 15 is 0 Å². The summed E-state index contributed by atoms with van der Waals surface area (Å²) in [7, 11) is 7.96. The first kappa shape index (κ1) is 36.8. The Bertz CT molecular complexity index is 1900. The van der Waals surface area contributed by atoms with Crippen LogP contribution < -0.4 is 16.0 Å². The fourth-order valence-electron chi connectivity index (χ4n) is 5.45. The second-order valence-electron chi connectivity index (χ2n) is 12.2. The van der Waals surface area contributed by atoms with Gasteiger partial charge in [-0.25, -0.2) is 13.8 Å². The summed E-state index contributed by atoms with van der Waals surface area (Å²) in [4.78, 5) is 65.9. The maximum absolute atomic E-state index is 14.1. The highest BCUT2D eigenvalue weighted by atomic mass is 19.1. The Kier molecular flexibility index (Phi) is 12.3. The van der Waals surface area contributed by atoms with E-state index in [4.69, 9.17) is 5.73 Å². The van der Waals surface area contributed by atoms with Crippen molar-refractivity contribution in [3.8, 4) is 0 Å². The number of Topliss-reactive ketones (excluding diaryl/α,β-unsaturated/α-hetero) is 3. The molecule has 0 saturated heterocycles. The average Bonchev–Trinajstić information content (AvgIpc) is 3.51. The van der Waals surface area contributed by atoms with Crippen LogP contribution in [0.15, 0.2) is 54.6 Å². The Labute approximate surface area is 283 Å². The third-order valence-electron chi connectivity index (χ3n) is 7.86. The van der Waals surface area contributed by atoms with Crippen LogP contribution in [-0.2, 0) is 14.4 Å². The van der Waals surface area contributed by atoms with Gasteiger partial charge in [-0.05, 0) is 64.9 Å². The molecule has 1 aromatic heterocycles. The van der Waals surface area contributed by atoms with Crippen molar-refractivity contribution in [1.29, 1.82) is 0 Å². The van der Waals surface area contributed by atoms with Crippen molar-refractivity contribution in [3.63, 3.8) is 0 Å². The van der Waals surface area contributed by atoms with Crippen LogP contribution >= 0.6 is 0 Å². The lowest BCUT2D eigenvalue weighted by atomic mass is 9.98. The Balaban J connectivity index is 0.000000173. The first-order valence-electron chi connectivity index (χ1n) is 15.8. The normalized spacial score (nSPS) is 14.7. The number of hydrogen-bond donors (Lipinski definition) is 2. The van der Waals surface area contributed by atoms with E-state index in [2.05, 4.69) is 15.2 Å². The molecular formula is C36H40F2N6O5. The number of amides is 2. The van der Waals surface area contributed by atoms with Crippen LogP contribution in [-0.4, -0.2) is 98.3 Å². The van der Waals surface area contributed by atoms with Gasteiger partial charge < -0.3 is 25.8 Å². The number of carbonyl (C=O) groups excluding carboxylic acids is 5. The maximum atomic E-state index is 14.1. The molecule has 3 N–H and O–H groups in total. The predicted octanol–water partition coefficient (Wildman–Crippen LogP) is 4.21. The molecule has 1 saturated carbocycles. The van der Waals surface area contributed by atoms with Gasteiger partial charge in [-0.1, -0.05) is 24.3 Å². The third kappa shape index (κ3) is 8.74. The predicted molar refractivity (Wildman–Crippen MR) is 185 cm³/mol. The van der Waals surface area contributed by atoms with E-state index in [-0.39, 0.29) is 40.7 Å². The summed E-state index contributed by atoms with van der Waals surface area (Å²) in [5.74, 6) is -2.27. The summed E-state index contributed by atoms with van der Waals surface area (Å²) in [6.45, 7) is 3.10. The molecule has 7 rings (SSSR count). The molecule has 49 heavy (non-hydrogen) atoms.